The highest BCUT2D eigenvalue weighted by Crippen LogP contribution is 2.22. The monoisotopic (exact) mass is 322 g/mol. The van der Waals surface area contributed by atoms with Crippen molar-refractivity contribution in [2.45, 2.75) is 6.54 Å². The van der Waals surface area contributed by atoms with E-state index in [1.807, 2.05) is 42.5 Å². The fraction of sp³-hybridized carbons (Fsp3) is 0.167. The van der Waals surface area contributed by atoms with Crippen LogP contribution in [0.5, 0.6) is 5.75 Å². The molecule has 0 atom stereocenters. The molecule has 6 nitrogen and oxygen atoms in total. The molecule has 0 radical (unpaired) electrons. The smallest absolute Gasteiger partial charge is 0.315 e. The average molecular weight is 322 g/mol. The summed E-state index contributed by atoms with van der Waals surface area (Å²) in [4.78, 5) is 20.1. The lowest BCUT2D eigenvalue weighted by atomic mass is 10.2. The minimum Gasteiger partial charge on any atom is -0.489 e. The van der Waals surface area contributed by atoms with Gasteiger partial charge in [-0.1, -0.05) is 24.3 Å². The highest BCUT2D eigenvalue weighted by Gasteiger charge is 2.03. The van der Waals surface area contributed by atoms with Gasteiger partial charge in [-0.2, -0.15) is 0 Å². The number of carbonyl (C=O) groups is 1. The van der Waals surface area contributed by atoms with Crippen molar-refractivity contribution in [2.24, 2.45) is 0 Å². The molecule has 3 aromatic rings. The molecule has 0 unspecified atom stereocenters. The van der Waals surface area contributed by atoms with Crippen LogP contribution < -0.4 is 15.4 Å². The molecule has 0 saturated carbocycles. The van der Waals surface area contributed by atoms with Crippen molar-refractivity contribution in [1.82, 2.24) is 20.6 Å². The van der Waals surface area contributed by atoms with Crippen LogP contribution in [0.2, 0.25) is 0 Å². The SMILES string of the molecule is O=C(NCCOc1cccc2cccnc12)NCc1cccnc1. The van der Waals surface area contributed by atoms with Gasteiger partial charge in [0.25, 0.3) is 0 Å². The summed E-state index contributed by atoms with van der Waals surface area (Å²) in [6.45, 7) is 1.21. The Morgan fingerprint density at radius 1 is 1.04 bits per heavy atom. The van der Waals surface area contributed by atoms with E-state index in [2.05, 4.69) is 20.6 Å². The molecular weight excluding hydrogens is 304 g/mol. The van der Waals surface area contributed by atoms with E-state index in [0.29, 0.717) is 25.4 Å². The molecule has 0 aliphatic rings. The number of para-hydroxylation sites is 1. The highest BCUT2D eigenvalue weighted by molar-refractivity contribution is 5.84. The van der Waals surface area contributed by atoms with Gasteiger partial charge in [0.1, 0.15) is 17.9 Å². The number of ether oxygens (including phenoxy) is 1. The number of rotatable bonds is 6. The number of carbonyl (C=O) groups excluding carboxylic acids is 1. The van der Waals surface area contributed by atoms with Crippen LogP contribution >= 0.6 is 0 Å². The summed E-state index contributed by atoms with van der Waals surface area (Å²) in [5.74, 6) is 0.714. The van der Waals surface area contributed by atoms with Gasteiger partial charge in [-0.05, 0) is 23.8 Å². The lowest BCUT2D eigenvalue weighted by Gasteiger charge is -2.10. The van der Waals surface area contributed by atoms with Crippen LogP contribution in [0.3, 0.4) is 0 Å². The zero-order chi connectivity index (χ0) is 16.6. The molecule has 0 saturated heterocycles. The van der Waals surface area contributed by atoms with Gasteiger partial charge in [-0.15, -0.1) is 0 Å². The average Bonchev–Trinajstić information content (AvgIpc) is 2.64. The minimum atomic E-state index is -0.238. The van der Waals surface area contributed by atoms with Crippen molar-refractivity contribution in [3.63, 3.8) is 0 Å². The molecule has 24 heavy (non-hydrogen) atoms. The van der Waals surface area contributed by atoms with Gasteiger partial charge in [0, 0.05) is 30.5 Å². The number of hydrogen-bond acceptors (Lipinski definition) is 4. The molecule has 6 heteroatoms. The van der Waals surface area contributed by atoms with Gasteiger partial charge < -0.3 is 15.4 Å². The molecule has 0 aliphatic heterocycles. The largest absolute Gasteiger partial charge is 0.489 e. The predicted octanol–water partition coefficient (Wildman–Crippen LogP) is 2.51. The van der Waals surface area contributed by atoms with Crippen molar-refractivity contribution < 1.29 is 9.53 Å². The number of aromatic nitrogens is 2. The number of nitrogens with one attached hydrogen (secondary N) is 2. The van der Waals surface area contributed by atoms with Gasteiger partial charge in [-0.25, -0.2) is 4.79 Å². The summed E-state index contributed by atoms with van der Waals surface area (Å²) in [7, 11) is 0. The van der Waals surface area contributed by atoms with E-state index in [1.54, 1.807) is 18.6 Å². The molecule has 1 aromatic carbocycles. The van der Waals surface area contributed by atoms with Crippen molar-refractivity contribution in [3.05, 3.63) is 66.6 Å². The zero-order valence-electron chi connectivity index (χ0n) is 13.1. The summed E-state index contributed by atoms with van der Waals surface area (Å²) in [6, 6.07) is 13.2. The van der Waals surface area contributed by atoms with Crippen molar-refractivity contribution >= 4 is 16.9 Å². The lowest BCUT2D eigenvalue weighted by Crippen LogP contribution is -2.37. The molecule has 0 aliphatic carbocycles. The van der Waals surface area contributed by atoms with Crippen molar-refractivity contribution in [3.8, 4) is 5.75 Å². The second kappa shape index (κ2) is 7.92. The van der Waals surface area contributed by atoms with E-state index in [0.717, 1.165) is 16.5 Å². The number of fused-ring (bicyclic) bond motifs is 1. The van der Waals surface area contributed by atoms with Crippen LogP contribution in [0.25, 0.3) is 10.9 Å². The third-order valence-electron chi connectivity index (χ3n) is 3.42. The van der Waals surface area contributed by atoms with Gasteiger partial charge in [0.2, 0.25) is 0 Å². The van der Waals surface area contributed by atoms with E-state index in [9.17, 15) is 4.79 Å². The first-order valence-corrected chi connectivity index (χ1v) is 7.70. The van der Waals surface area contributed by atoms with E-state index >= 15 is 0 Å². The normalized spacial score (nSPS) is 10.3. The lowest BCUT2D eigenvalue weighted by molar-refractivity contribution is 0.236. The zero-order valence-corrected chi connectivity index (χ0v) is 13.1. The first-order valence-electron chi connectivity index (χ1n) is 7.70. The maximum absolute atomic E-state index is 11.7. The van der Waals surface area contributed by atoms with Crippen LogP contribution in [-0.4, -0.2) is 29.2 Å². The van der Waals surface area contributed by atoms with Gasteiger partial charge in [-0.3, -0.25) is 9.97 Å². The summed E-state index contributed by atoms with van der Waals surface area (Å²) in [5, 5.41) is 6.55. The number of pyridine rings is 2. The second-order valence-corrected chi connectivity index (χ2v) is 5.15. The van der Waals surface area contributed by atoms with Crippen LogP contribution in [-0.2, 0) is 6.54 Å². The van der Waals surface area contributed by atoms with E-state index in [-0.39, 0.29) is 6.03 Å². The van der Waals surface area contributed by atoms with Crippen LogP contribution in [0.15, 0.2) is 61.1 Å². The van der Waals surface area contributed by atoms with Crippen LogP contribution in [0, 0.1) is 0 Å². The Balaban J connectivity index is 1.42. The Morgan fingerprint density at radius 2 is 1.92 bits per heavy atom. The fourth-order valence-corrected chi connectivity index (χ4v) is 2.27. The number of hydrogen-bond donors (Lipinski definition) is 2. The molecule has 2 aromatic heterocycles. The Labute approximate surface area is 139 Å². The maximum atomic E-state index is 11.7. The number of amides is 2. The summed E-state index contributed by atoms with van der Waals surface area (Å²) >= 11 is 0. The first kappa shape index (κ1) is 15.7. The predicted molar refractivity (Wildman–Crippen MR) is 91.7 cm³/mol. The first-order chi connectivity index (χ1) is 11.8. The van der Waals surface area contributed by atoms with Gasteiger partial charge in [0.05, 0.1) is 6.54 Å². The Bertz CT molecular complexity index is 803. The van der Waals surface area contributed by atoms with Gasteiger partial charge >= 0.3 is 6.03 Å². The fourth-order valence-electron chi connectivity index (χ4n) is 2.27. The number of benzene rings is 1. The Kier molecular flexibility index (Phi) is 5.19. The van der Waals surface area contributed by atoms with Crippen LogP contribution in [0.4, 0.5) is 4.79 Å². The molecule has 0 fully saturated rings. The van der Waals surface area contributed by atoms with Gasteiger partial charge in [0.15, 0.2) is 0 Å². The van der Waals surface area contributed by atoms with Crippen molar-refractivity contribution in [2.75, 3.05) is 13.2 Å². The minimum absolute atomic E-state index is 0.238. The van der Waals surface area contributed by atoms with E-state index in [4.69, 9.17) is 4.74 Å². The van der Waals surface area contributed by atoms with E-state index in [1.165, 1.54) is 0 Å². The second-order valence-electron chi connectivity index (χ2n) is 5.15. The Morgan fingerprint density at radius 3 is 2.79 bits per heavy atom. The standard InChI is InChI=1S/C18H18N4O2/c23-18(22-13-14-4-2-8-19-12-14)21-10-11-24-16-7-1-5-15-6-3-9-20-17(15)16/h1-9,12H,10-11,13H2,(H2,21,22,23). The molecule has 122 valence electrons. The summed E-state index contributed by atoms with van der Waals surface area (Å²) < 4.78 is 5.72. The third-order valence-corrected chi connectivity index (χ3v) is 3.42. The molecule has 2 amide bonds. The quantitative estimate of drug-likeness (QED) is 0.684. The highest BCUT2D eigenvalue weighted by atomic mass is 16.5. The molecule has 0 spiro atoms. The topological polar surface area (TPSA) is 76.1 Å². The van der Waals surface area contributed by atoms with E-state index < -0.39 is 0 Å². The summed E-state index contributed by atoms with van der Waals surface area (Å²) in [6.07, 6.45) is 5.15. The number of urea groups is 1. The molecular formula is C18H18N4O2. The third kappa shape index (κ3) is 4.19. The molecule has 2 N–H and O–H groups in total. The number of nitrogens with zero attached hydrogens (tertiary/aromatic N) is 2. The van der Waals surface area contributed by atoms with Crippen LogP contribution in [0.1, 0.15) is 5.56 Å². The van der Waals surface area contributed by atoms with Crippen molar-refractivity contribution in [1.29, 1.82) is 0 Å². The molecule has 3 rings (SSSR count). The molecule has 2 heterocycles. The Hall–Kier alpha value is -3.15. The summed E-state index contributed by atoms with van der Waals surface area (Å²) in [5.41, 5.74) is 1.77. The molecule has 0 bridgehead atoms. The maximum Gasteiger partial charge on any atom is 0.315 e.